The third kappa shape index (κ3) is 6.48. The van der Waals surface area contributed by atoms with Crippen LogP contribution in [0, 0.1) is 11.2 Å². The third-order valence-electron chi connectivity index (χ3n) is 3.32. The fourth-order valence-corrected chi connectivity index (χ4v) is 2.29. The van der Waals surface area contributed by atoms with Crippen molar-refractivity contribution < 1.29 is 14.3 Å². The predicted octanol–water partition coefficient (Wildman–Crippen LogP) is 3.96. The fraction of sp³-hybridized carbons (Fsp3) is 0.533. The van der Waals surface area contributed by atoms with E-state index in [4.69, 9.17) is 5.11 Å². The summed E-state index contributed by atoms with van der Waals surface area (Å²) in [6.45, 7) is 5.49. The predicted molar refractivity (Wildman–Crippen MR) is 81.1 cm³/mol. The lowest BCUT2D eigenvalue weighted by molar-refractivity contribution is -0.137. The van der Waals surface area contributed by atoms with Crippen molar-refractivity contribution in [2.24, 2.45) is 5.41 Å². The number of hydrogen-bond acceptors (Lipinski definition) is 2. The molecule has 2 N–H and O–H groups in total. The molecule has 0 fully saturated rings. The zero-order valence-electron chi connectivity index (χ0n) is 11.9. The number of aliphatic carboxylic acids is 1. The molecule has 20 heavy (non-hydrogen) atoms. The average Bonchev–Trinajstić information content (AvgIpc) is 2.36. The minimum atomic E-state index is -0.755. The van der Waals surface area contributed by atoms with Crippen molar-refractivity contribution in [1.29, 1.82) is 0 Å². The Labute approximate surface area is 127 Å². The lowest BCUT2D eigenvalue weighted by Gasteiger charge is -2.24. The second-order valence-corrected chi connectivity index (χ2v) is 6.57. The summed E-state index contributed by atoms with van der Waals surface area (Å²) < 4.78 is 14.0. The number of hydrogen-bond donors (Lipinski definition) is 2. The molecular formula is C15H21BrFNO2. The second kappa shape index (κ2) is 7.74. The molecule has 0 aromatic heterocycles. The van der Waals surface area contributed by atoms with Gasteiger partial charge in [0.15, 0.2) is 0 Å². The zero-order chi connectivity index (χ0) is 15.2. The maximum Gasteiger partial charge on any atom is 0.303 e. The Morgan fingerprint density at radius 1 is 1.40 bits per heavy atom. The van der Waals surface area contributed by atoms with Gasteiger partial charge in [0.25, 0.3) is 0 Å². The van der Waals surface area contributed by atoms with Crippen molar-refractivity contribution in [1.82, 2.24) is 5.32 Å². The highest BCUT2D eigenvalue weighted by Crippen LogP contribution is 2.26. The number of halogens is 2. The van der Waals surface area contributed by atoms with Crippen molar-refractivity contribution >= 4 is 21.9 Å². The Morgan fingerprint density at radius 2 is 2.10 bits per heavy atom. The van der Waals surface area contributed by atoms with E-state index in [1.807, 2.05) is 0 Å². The first-order valence-electron chi connectivity index (χ1n) is 6.67. The molecule has 1 rings (SSSR count). The monoisotopic (exact) mass is 345 g/mol. The highest BCUT2D eigenvalue weighted by Gasteiger charge is 2.18. The van der Waals surface area contributed by atoms with Crippen LogP contribution < -0.4 is 5.32 Å². The Kier molecular flexibility index (Phi) is 6.62. The minimum Gasteiger partial charge on any atom is -0.481 e. The van der Waals surface area contributed by atoms with Crippen LogP contribution in [0.2, 0.25) is 0 Å². The highest BCUT2D eigenvalue weighted by molar-refractivity contribution is 9.10. The molecule has 1 aromatic carbocycles. The summed E-state index contributed by atoms with van der Waals surface area (Å²) >= 11 is 3.39. The summed E-state index contributed by atoms with van der Waals surface area (Å²) in [7, 11) is 0. The standard InChI is InChI=1S/C15H21BrFNO2/c1-15(2,6-5-14(19)20)7-8-18-10-11-9-12(17)3-4-13(11)16/h3-4,9,18H,5-8,10H2,1-2H3,(H,19,20). The van der Waals surface area contributed by atoms with Crippen LogP contribution in [0.25, 0.3) is 0 Å². The van der Waals surface area contributed by atoms with Gasteiger partial charge in [-0.05, 0) is 48.6 Å². The van der Waals surface area contributed by atoms with Crippen LogP contribution in [0.4, 0.5) is 4.39 Å². The average molecular weight is 346 g/mol. The molecule has 112 valence electrons. The smallest absolute Gasteiger partial charge is 0.303 e. The van der Waals surface area contributed by atoms with Crippen molar-refractivity contribution in [3.05, 3.63) is 34.1 Å². The summed E-state index contributed by atoms with van der Waals surface area (Å²) in [4.78, 5) is 10.6. The normalized spacial score (nSPS) is 11.6. The van der Waals surface area contributed by atoms with Gasteiger partial charge in [-0.1, -0.05) is 29.8 Å². The Morgan fingerprint density at radius 3 is 2.75 bits per heavy atom. The molecule has 0 bridgehead atoms. The first-order chi connectivity index (χ1) is 9.30. The molecular weight excluding hydrogens is 325 g/mol. The minimum absolute atomic E-state index is 0.00937. The Bertz CT molecular complexity index is 463. The van der Waals surface area contributed by atoms with E-state index in [0.717, 1.165) is 23.0 Å². The number of benzene rings is 1. The number of rotatable bonds is 8. The second-order valence-electron chi connectivity index (χ2n) is 5.72. The molecule has 0 heterocycles. The van der Waals surface area contributed by atoms with Gasteiger partial charge in [0, 0.05) is 17.4 Å². The lowest BCUT2D eigenvalue weighted by Crippen LogP contribution is -2.23. The molecule has 3 nitrogen and oxygen atoms in total. The van der Waals surface area contributed by atoms with Crippen LogP contribution in [0.1, 0.15) is 38.7 Å². The van der Waals surface area contributed by atoms with E-state index in [-0.39, 0.29) is 17.7 Å². The summed E-state index contributed by atoms with van der Waals surface area (Å²) in [6.07, 6.45) is 1.74. The van der Waals surface area contributed by atoms with Crippen molar-refractivity contribution in [3.63, 3.8) is 0 Å². The van der Waals surface area contributed by atoms with Gasteiger partial charge in [-0.15, -0.1) is 0 Å². The van der Waals surface area contributed by atoms with Gasteiger partial charge in [0.2, 0.25) is 0 Å². The molecule has 0 aliphatic carbocycles. The maximum atomic E-state index is 13.1. The molecule has 0 atom stereocenters. The highest BCUT2D eigenvalue weighted by atomic mass is 79.9. The summed E-state index contributed by atoms with van der Waals surface area (Å²) in [5.41, 5.74) is 0.873. The van der Waals surface area contributed by atoms with Crippen LogP contribution >= 0.6 is 15.9 Å². The quantitative estimate of drug-likeness (QED) is 0.701. The third-order valence-corrected chi connectivity index (χ3v) is 4.09. The first kappa shape index (κ1) is 17.1. The maximum absolute atomic E-state index is 13.1. The largest absolute Gasteiger partial charge is 0.481 e. The first-order valence-corrected chi connectivity index (χ1v) is 7.46. The van der Waals surface area contributed by atoms with E-state index in [0.29, 0.717) is 13.0 Å². The summed E-state index contributed by atoms with van der Waals surface area (Å²) in [5, 5.41) is 12.0. The Hall–Kier alpha value is -0.940. The molecule has 5 heteroatoms. The van der Waals surface area contributed by atoms with Gasteiger partial charge < -0.3 is 10.4 Å². The molecule has 0 unspecified atom stereocenters. The Balaban J connectivity index is 2.34. The molecule has 0 radical (unpaired) electrons. The van der Waals surface area contributed by atoms with E-state index in [1.54, 1.807) is 6.07 Å². The van der Waals surface area contributed by atoms with E-state index in [2.05, 4.69) is 35.1 Å². The van der Waals surface area contributed by atoms with Crippen molar-refractivity contribution in [2.75, 3.05) is 6.54 Å². The zero-order valence-corrected chi connectivity index (χ0v) is 13.5. The molecule has 0 amide bonds. The topological polar surface area (TPSA) is 49.3 Å². The van der Waals surface area contributed by atoms with Crippen LogP contribution in [-0.4, -0.2) is 17.6 Å². The van der Waals surface area contributed by atoms with E-state index < -0.39 is 5.97 Å². The van der Waals surface area contributed by atoms with Gasteiger partial charge >= 0.3 is 5.97 Å². The molecule has 0 aliphatic rings. The van der Waals surface area contributed by atoms with Gasteiger partial charge in [-0.2, -0.15) is 0 Å². The SMILES string of the molecule is CC(C)(CCNCc1cc(F)ccc1Br)CCC(=O)O. The number of carboxylic acids is 1. The van der Waals surface area contributed by atoms with Crippen molar-refractivity contribution in [3.8, 4) is 0 Å². The van der Waals surface area contributed by atoms with Crippen LogP contribution in [0.3, 0.4) is 0 Å². The number of nitrogens with one attached hydrogen (secondary N) is 1. The number of carbonyl (C=O) groups is 1. The molecule has 0 saturated carbocycles. The number of carboxylic acid groups (broad SMARTS) is 1. The molecule has 0 saturated heterocycles. The van der Waals surface area contributed by atoms with Gasteiger partial charge in [0.1, 0.15) is 5.82 Å². The molecule has 0 aliphatic heterocycles. The van der Waals surface area contributed by atoms with Crippen LogP contribution in [-0.2, 0) is 11.3 Å². The van der Waals surface area contributed by atoms with Gasteiger partial charge in [0.05, 0.1) is 0 Å². The van der Waals surface area contributed by atoms with Gasteiger partial charge in [-0.3, -0.25) is 4.79 Å². The summed E-state index contributed by atoms with van der Waals surface area (Å²) in [5.74, 6) is -0.999. The fourth-order valence-electron chi connectivity index (χ4n) is 1.90. The van der Waals surface area contributed by atoms with E-state index in [9.17, 15) is 9.18 Å². The molecule has 1 aromatic rings. The van der Waals surface area contributed by atoms with Crippen molar-refractivity contribution in [2.45, 2.75) is 39.7 Å². The van der Waals surface area contributed by atoms with E-state index in [1.165, 1.54) is 12.1 Å². The van der Waals surface area contributed by atoms with Crippen LogP contribution in [0.5, 0.6) is 0 Å². The van der Waals surface area contributed by atoms with E-state index >= 15 is 0 Å². The summed E-state index contributed by atoms with van der Waals surface area (Å²) in [6, 6.07) is 4.62. The lowest BCUT2D eigenvalue weighted by atomic mass is 9.84. The van der Waals surface area contributed by atoms with Gasteiger partial charge in [-0.25, -0.2) is 4.39 Å². The van der Waals surface area contributed by atoms with Crippen LogP contribution in [0.15, 0.2) is 22.7 Å². The molecule has 0 spiro atoms.